The molecule has 1 aliphatic rings. The molecule has 1 atom stereocenters. The van der Waals surface area contributed by atoms with Gasteiger partial charge in [-0.25, -0.2) is 0 Å². The van der Waals surface area contributed by atoms with E-state index in [0.29, 0.717) is 25.4 Å². The Kier molecular flexibility index (Phi) is 5.99. The summed E-state index contributed by atoms with van der Waals surface area (Å²) < 4.78 is 0. The lowest BCUT2D eigenvalue weighted by Crippen LogP contribution is -2.52. The number of aryl methyl sites for hydroxylation is 1. The zero-order valence-electron chi connectivity index (χ0n) is 15.0. The van der Waals surface area contributed by atoms with Gasteiger partial charge in [0, 0.05) is 37.2 Å². The van der Waals surface area contributed by atoms with Gasteiger partial charge in [0.25, 0.3) is 0 Å². The van der Waals surface area contributed by atoms with E-state index in [-0.39, 0.29) is 18.2 Å². The van der Waals surface area contributed by atoms with Crippen molar-refractivity contribution in [1.29, 1.82) is 0 Å². The molecule has 0 aromatic heterocycles. The standard InChI is InChI=1S/C19H29N3O2/c1-14(2)12-19(3,13-20)21-17(23)10-11-22-16-7-5-4-6-15(16)8-9-18(22)24/h4-7,14H,8-13,20H2,1-3H3,(H,21,23). The van der Waals surface area contributed by atoms with E-state index in [4.69, 9.17) is 5.73 Å². The molecule has 24 heavy (non-hydrogen) atoms. The van der Waals surface area contributed by atoms with Gasteiger partial charge in [0.1, 0.15) is 0 Å². The molecule has 1 heterocycles. The highest BCUT2D eigenvalue weighted by Gasteiger charge is 2.27. The topological polar surface area (TPSA) is 75.4 Å². The molecule has 1 aliphatic heterocycles. The quantitative estimate of drug-likeness (QED) is 0.804. The largest absolute Gasteiger partial charge is 0.350 e. The number of hydrogen-bond acceptors (Lipinski definition) is 3. The highest BCUT2D eigenvalue weighted by Crippen LogP contribution is 2.27. The second kappa shape index (κ2) is 7.79. The Morgan fingerprint density at radius 1 is 1.33 bits per heavy atom. The molecule has 2 rings (SSSR count). The van der Waals surface area contributed by atoms with Gasteiger partial charge in [0.2, 0.25) is 11.8 Å². The fraction of sp³-hybridized carbons (Fsp3) is 0.579. The first-order valence-electron chi connectivity index (χ1n) is 8.74. The third-order valence-corrected chi connectivity index (χ3v) is 4.50. The normalized spacial score (nSPS) is 16.7. The summed E-state index contributed by atoms with van der Waals surface area (Å²) in [6.45, 7) is 7.02. The van der Waals surface area contributed by atoms with Gasteiger partial charge in [-0.2, -0.15) is 0 Å². The number of carbonyl (C=O) groups excluding carboxylic acids is 2. The summed E-state index contributed by atoms with van der Waals surface area (Å²) >= 11 is 0. The first-order valence-corrected chi connectivity index (χ1v) is 8.74. The molecule has 0 bridgehead atoms. The number of rotatable bonds is 7. The van der Waals surface area contributed by atoms with E-state index >= 15 is 0 Å². The minimum absolute atomic E-state index is 0.0561. The van der Waals surface area contributed by atoms with Crippen LogP contribution in [0.4, 0.5) is 5.69 Å². The van der Waals surface area contributed by atoms with Crippen molar-refractivity contribution >= 4 is 17.5 Å². The molecule has 0 fully saturated rings. The molecule has 1 aromatic rings. The minimum atomic E-state index is -0.394. The second-order valence-corrected chi connectivity index (χ2v) is 7.34. The van der Waals surface area contributed by atoms with Crippen LogP contribution in [0.5, 0.6) is 0 Å². The second-order valence-electron chi connectivity index (χ2n) is 7.34. The van der Waals surface area contributed by atoms with Crippen molar-refractivity contribution in [3.8, 4) is 0 Å². The van der Waals surface area contributed by atoms with Gasteiger partial charge in [-0.15, -0.1) is 0 Å². The lowest BCUT2D eigenvalue weighted by Gasteiger charge is -2.32. The number of hydrogen-bond donors (Lipinski definition) is 2. The SMILES string of the molecule is CC(C)CC(C)(CN)NC(=O)CCN1C(=O)CCc2ccccc21. The van der Waals surface area contributed by atoms with E-state index in [1.54, 1.807) is 4.90 Å². The minimum Gasteiger partial charge on any atom is -0.350 e. The number of carbonyl (C=O) groups is 2. The third kappa shape index (κ3) is 4.57. The summed E-state index contributed by atoms with van der Waals surface area (Å²) in [5.74, 6) is 0.485. The van der Waals surface area contributed by atoms with Gasteiger partial charge < -0.3 is 16.0 Å². The number of nitrogens with zero attached hydrogens (tertiary/aromatic N) is 1. The van der Waals surface area contributed by atoms with E-state index in [1.807, 2.05) is 31.2 Å². The Morgan fingerprint density at radius 2 is 2.04 bits per heavy atom. The maximum atomic E-state index is 12.4. The lowest BCUT2D eigenvalue weighted by atomic mass is 9.90. The van der Waals surface area contributed by atoms with E-state index in [9.17, 15) is 9.59 Å². The monoisotopic (exact) mass is 331 g/mol. The predicted molar refractivity (Wildman–Crippen MR) is 96.8 cm³/mol. The van der Waals surface area contributed by atoms with Crippen molar-refractivity contribution in [1.82, 2.24) is 5.32 Å². The van der Waals surface area contributed by atoms with Crippen molar-refractivity contribution in [2.45, 2.75) is 52.0 Å². The Hall–Kier alpha value is -1.88. The molecule has 0 aliphatic carbocycles. The molecule has 0 saturated heterocycles. The third-order valence-electron chi connectivity index (χ3n) is 4.50. The lowest BCUT2D eigenvalue weighted by molar-refractivity contribution is -0.123. The summed E-state index contributed by atoms with van der Waals surface area (Å²) in [7, 11) is 0. The van der Waals surface area contributed by atoms with Crippen LogP contribution in [0.15, 0.2) is 24.3 Å². The van der Waals surface area contributed by atoms with E-state index in [2.05, 4.69) is 19.2 Å². The zero-order chi connectivity index (χ0) is 17.7. The molecule has 0 saturated carbocycles. The Bertz CT molecular complexity index is 600. The molecule has 5 heteroatoms. The molecular formula is C19H29N3O2. The fourth-order valence-electron chi connectivity index (χ4n) is 3.44. The number of benzene rings is 1. The molecule has 5 nitrogen and oxygen atoms in total. The smallest absolute Gasteiger partial charge is 0.227 e. The van der Waals surface area contributed by atoms with Crippen LogP contribution >= 0.6 is 0 Å². The van der Waals surface area contributed by atoms with Crippen molar-refractivity contribution < 1.29 is 9.59 Å². The van der Waals surface area contributed by atoms with Gasteiger partial charge in [-0.05, 0) is 37.3 Å². The molecule has 1 aromatic carbocycles. The summed E-state index contributed by atoms with van der Waals surface area (Å²) in [5, 5.41) is 3.05. The average Bonchev–Trinajstić information content (AvgIpc) is 2.53. The van der Waals surface area contributed by atoms with Crippen LogP contribution in [0.25, 0.3) is 0 Å². The van der Waals surface area contributed by atoms with Crippen molar-refractivity contribution in [2.24, 2.45) is 11.7 Å². The van der Waals surface area contributed by atoms with Gasteiger partial charge in [-0.1, -0.05) is 32.0 Å². The van der Waals surface area contributed by atoms with Gasteiger partial charge >= 0.3 is 0 Å². The molecule has 2 amide bonds. The average molecular weight is 331 g/mol. The first-order chi connectivity index (χ1) is 11.3. The van der Waals surface area contributed by atoms with E-state index < -0.39 is 5.54 Å². The Morgan fingerprint density at radius 3 is 2.71 bits per heavy atom. The van der Waals surface area contributed by atoms with Gasteiger partial charge in [-0.3, -0.25) is 9.59 Å². The summed E-state index contributed by atoms with van der Waals surface area (Å²) in [6.07, 6.45) is 2.40. The molecule has 0 spiro atoms. The van der Waals surface area contributed by atoms with E-state index in [1.165, 1.54) is 5.56 Å². The number of nitrogens with two attached hydrogens (primary N) is 1. The molecule has 1 unspecified atom stereocenters. The number of amides is 2. The molecule has 0 radical (unpaired) electrons. The van der Waals surface area contributed by atoms with Crippen molar-refractivity contribution in [3.05, 3.63) is 29.8 Å². The van der Waals surface area contributed by atoms with Crippen LogP contribution in [0.3, 0.4) is 0 Å². The van der Waals surface area contributed by atoms with Crippen LogP contribution in [0, 0.1) is 5.92 Å². The predicted octanol–water partition coefficient (Wildman–Crippen LogP) is 2.24. The van der Waals surface area contributed by atoms with Gasteiger partial charge in [0.15, 0.2) is 0 Å². The maximum absolute atomic E-state index is 12.4. The van der Waals surface area contributed by atoms with Gasteiger partial charge in [0.05, 0.1) is 0 Å². The number of para-hydroxylation sites is 1. The summed E-state index contributed by atoms with van der Waals surface area (Å²) in [4.78, 5) is 26.3. The highest BCUT2D eigenvalue weighted by molar-refractivity contribution is 5.97. The van der Waals surface area contributed by atoms with Crippen LogP contribution < -0.4 is 16.0 Å². The maximum Gasteiger partial charge on any atom is 0.227 e. The van der Waals surface area contributed by atoms with Crippen LogP contribution in [-0.2, 0) is 16.0 Å². The number of nitrogens with one attached hydrogen (secondary N) is 1. The van der Waals surface area contributed by atoms with Crippen molar-refractivity contribution in [3.63, 3.8) is 0 Å². The number of anilines is 1. The van der Waals surface area contributed by atoms with Crippen LogP contribution in [-0.4, -0.2) is 30.4 Å². The summed E-state index contributed by atoms with van der Waals surface area (Å²) in [5.41, 5.74) is 7.56. The summed E-state index contributed by atoms with van der Waals surface area (Å²) in [6, 6.07) is 7.91. The fourth-order valence-corrected chi connectivity index (χ4v) is 3.44. The number of fused-ring (bicyclic) bond motifs is 1. The van der Waals surface area contributed by atoms with E-state index in [0.717, 1.165) is 18.5 Å². The van der Waals surface area contributed by atoms with Crippen LogP contribution in [0.2, 0.25) is 0 Å². The molecule has 3 N–H and O–H groups in total. The van der Waals surface area contributed by atoms with Crippen LogP contribution in [0.1, 0.15) is 45.6 Å². The first kappa shape index (κ1) is 18.5. The highest BCUT2D eigenvalue weighted by atomic mass is 16.2. The zero-order valence-corrected chi connectivity index (χ0v) is 15.0. The Balaban J connectivity index is 1.98. The molecule has 132 valence electrons. The Labute approximate surface area is 144 Å². The molecular weight excluding hydrogens is 302 g/mol. The van der Waals surface area contributed by atoms with Crippen molar-refractivity contribution in [2.75, 3.05) is 18.0 Å².